The van der Waals surface area contributed by atoms with Crippen molar-refractivity contribution in [3.05, 3.63) is 51.9 Å². The van der Waals surface area contributed by atoms with Gasteiger partial charge in [-0.2, -0.15) is 0 Å². The quantitative estimate of drug-likeness (QED) is 0.799. The fraction of sp³-hybridized carbons (Fsp3) is 0.286. The highest BCUT2D eigenvalue weighted by Crippen LogP contribution is 2.25. The second-order valence-electron chi connectivity index (χ2n) is 4.27. The van der Waals surface area contributed by atoms with Crippen LogP contribution in [0.15, 0.2) is 30.6 Å². The van der Waals surface area contributed by atoms with E-state index in [0.717, 1.165) is 28.4 Å². The predicted molar refractivity (Wildman–Crippen MR) is 80.0 cm³/mol. The predicted octanol–water partition coefficient (Wildman–Crippen LogP) is 3.98. The molecule has 0 saturated heterocycles. The van der Waals surface area contributed by atoms with Crippen molar-refractivity contribution in [3.8, 4) is 0 Å². The first-order valence-electron chi connectivity index (χ1n) is 6.07. The first-order valence-corrected chi connectivity index (χ1v) is 6.83. The van der Waals surface area contributed by atoms with E-state index in [4.69, 9.17) is 23.2 Å². The molecule has 1 aromatic heterocycles. The van der Waals surface area contributed by atoms with Crippen LogP contribution in [0.3, 0.4) is 0 Å². The Morgan fingerprint density at radius 2 is 1.89 bits per heavy atom. The van der Waals surface area contributed by atoms with Crippen LogP contribution in [0.5, 0.6) is 0 Å². The lowest BCUT2D eigenvalue weighted by atomic mass is 10.2. The molecular formula is C14H15Cl2N3. The highest BCUT2D eigenvalue weighted by atomic mass is 35.5. The van der Waals surface area contributed by atoms with Crippen LogP contribution in [0.2, 0.25) is 10.2 Å². The molecule has 0 fully saturated rings. The van der Waals surface area contributed by atoms with Gasteiger partial charge in [0.1, 0.15) is 17.3 Å². The summed E-state index contributed by atoms with van der Waals surface area (Å²) in [5.41, 5.74) is 2.02. The number of hydrogen-bond donors (Lipinski definition) is 0. The zero-order valence-corrected chi connectivity index (χ0v) is 12.4. The van der Waals surface area contributed by atoms with Crippen LogP contribution < -0.4 is 4.90 Å². The maximum atomic E-state index is 6.18. The Morgan fingerprint density at radius 3 is 2.58 bits per heavy atom. The lowest BCUT2D eigenvalue weighted by Crippen LogP contribution is -2.20. The lowest BCUT2D eigenvalue weighted by Gasteiger charge is -2.21. The standard InChI is InChI=1S/C14H15Cl2N3/c1-3-11-13(16)17-9-18-14(11)19(2)8-10-6-4-5-7-12(10)15/h4-7,9H,3,8H2,1-2H3. The molecule has 0 saturated carbocycles. The highest BCUT2D eigenvalue weighted by Gasteiger charge is 2.13. The first-order chi connectivity index (χ1) is 9.13. The SMILES string of the molecule is CCc1c(Cl)ncnc1N(C)Cc1ccccc1Cl. The third-order valence-electron chi connectivity index (χ3n) is 2.95. The molecule has 100 valence electrons. The van der Waals surface area contributed by atoms with Gasteiger partial charge in [-0.3, -0.25) is 0 Å². The van der Waals surface area contributed by atoms with E-state index in [1.807, 2.05) is 43.1 Å². The second-order valence-corrected chi connectivity index (χ2v) is 5.03. The van der Waals surface area contributed by atoms with Crippen LogP contribution in [-0.4, -0.2) is 17.0 Å². The summed E-state index contributed by atoms with van der Waals surface area (Å²) >= 11 is 12.3. The van der Waals surface area contributed by atoms with Crippen molar-refractivity contribution in [2.24, 2.45) is 0 Å². The van der Waals surface area contributed by atoms with Crippen LogP contribution in [-0.2, 0) is 13.0 Å². The monoisotopic (exact) mass is 295 g/mol. The summed E-state index contributed by atoms with van der Waals surface area (Å²) in [5.74, 6) is 0.849. The largest absolute Gasteiger partial charge is 0.355 e. The average Bonchev–Trinajstić information content (AvgIpc) is 2.41. The fourth-order valence-electron chi connectivity index (χ4n) is 1.97. The van der Waals surface area contributed by atoms with E-state index in [9.17, 15) is 0 Å². The molecule has 0 aliphatic heterocycles. The Balaban J connectivity index is 2.28. The minimum Gasteiger partial charge on any atom is -0.355 e. The van der Waals surface area contributed by atoms with Gasteiger partial charge < -0.3 is 4.90 Å². The molecule has 0 aliphatic rings. The molecular weight excluding hydrogens is 281 g/mol. The van der Waals surface area contributed by atoms with E-state index in [2.05, 4.69) is 9.97 Å². The minimum atomic E-state index is 0.513. The van der Waals surface area contributed by atoms with E-state index < -0.39 is 0 Å². The molecule has 0 aliphatic carbocycles. The van der Waals surface area contributed by atoms with Crippen molar-refractivity contribution >= 4 is 29.0 Å². The highest BCUT2D eigenvalue weighted by molar-refractivity contribution is 6.31. The van der Waals surface area contributed by atoms with Crippen LogP contribution in [0.1, 0.15) is 18.1 Å². The zero-order valence-electron chi connectivity index (χ0n) is 10.9. The molecule has 0 amide bonds. The van der Waals surface area contributed by atoms with Crippen molar-refractivity contribution in [2.75, 3.05) is 11.9 Å². The van der Waals surface area contributed by atoms with Crippen molar-refractivity contribution in [1.29, 1.82) is 0 Å². The topological polar surface area (TPSA) is 29.0 Å². The smallest absolute Gasteiger partial charge is 0.137 e. The van der Waals surface area contributed by atoms with Gasteiger partial charge in [-0.15, -0.1) is 0 Å². The van der Waals surface area contributed by atoms with E-state index in [1.54, 1.807) is 0 Å². The van der Waals surface area contributed by atoms with E-state index >= 15 is 0 Å². The summed E-state index contributed by atoms with van der Waals surface area (Å²) in [6, 6.07) is 7.79. The molecule has 5 heteroatoms. The van der Waals surface area contributed by atoms with Crippen LogP contribution in [0.25, 0.3) is 0 Å². The van der Waals surface area contributed by atoms with Crippen molar-refractivity contribution in [2.45, 2.75) is 19.9 Å². The minimum absolute atomic E-state index is 0.513. The molecule has 0 atom stereocenters. The first kappa shape index (κ1) is 14.1. The molecule has 0 spiro atoms. The van der Waals surface area contributed by atoms with Crippen LogP contribution in [0, 0.1) is 0 Å². The second kappa shape index (κ2) is 6.22. The van der Waals surface area contributed by atoms with Gasteiger partial charge in [-0.25, -0.2) is 9.97 Å². The van der Waals surface area contributed by atoms with Gasteiger partial charge in [0.25, 0.3) is 0 Å². The molecule has 2 rings (SSSR count). The van der Waals surface area contributed by atoms with Gasteiger partial charge in [0, 0.05) is 24.2 Å². The van der Waals surface area contributed by atoms with Crippen LogP contribution >= 0.6 is 23.2 Å². The number of aromatic nitrogens is 2. The van der Waals surface area contributed by atoms with Crippen LogP contribution in [0.4, 0.5) is 5.82 Å². The summed E-state index contributed by atoms with van der Waals surface area (Å²) in [6.45, 7) is 2.72. The molecule has 0 bridgehead atoms. The normalized spacial score (nSPS) is 10.5. The number of rotatable bonds is 4. The van der Waals surface area contributed by atoms with Gasteiger partial charge >= 0.3 is 0 Å². The maximum absolute atomic E-state index is 6.18. The third-order valence-corrected chi connectivity index (χ3v) is 3.64. The maximum Gasteiger partial charge on any atom is 0.137 e. The molecule has 0 N–H and O–H groups in total. The van der Waals surface area contributed by atoms with Gasteiger partial charge in [0.15, 0.2) is 0 Å². The van der Waals surface area contributed by atoms with Gasteiger partial charge in [0.2, 0.25) is 0 Å². The molecule has 19 heavy (non-hydrogen) atoms. The number of nitrogens with zero attached hydrogens (tertiary/aromatic N) is 3. The zero-order chi connectivity index (χ0) is 13.8. The summed E-state index contributed by atoms with van der Waals surface area (Å²) in [5, 5.41) is 1.27. The molecule has 0 radical (unpaired) electrons. The van der Waals surface area contributed by atoms with Crippen molar-refractivity contribution in [3.63, 3.8) is 0 Å². The van der Waals surface area contributed by atoms with Gasteiger partial charge in [-0.05, 0) is 18.1 Å². The van der Waals surface area contributed by atoms with Gasteiger partial charge in [0.05, 0.1) is 0 Å². The van der Waals surface area contributed by atoms with E-state index in [0.29, 0.717) is 11.7 Å². The molecule has 1 aromatic carbocycles. The third kappa shape index (κ3) is 3.17. The summed E-state index contributed by atoms with van der Waals surface area (Å²) in [7, 11) is 1.97. The lowest BCUT2D eigenvalue weighted by molar-refractivity contribution is 0.870. The molecule has 0 unspecified atom stereocenters. The summed E-state index contributed by atoms with van der Waals surface area (Å²) in [4.78, 5) is 10.4. The molecule has 2 aromatic rings. The number of hydrogen-bond acceptors (Lipinski definition) is 3. The summed E-state index contributed by atoms with van der Waals surface area (Å²) < 4.78 is 0. The Kier molecular flexibility index (Phi) is 4.61. The average molecular weight is 296 g/mol. The van der Waals surface area contributed by atoms with Crippen molar-refractivity contribution < 1.29 is 0 Å². The Hall–Kier alpha value is -1.32. The summed E-state index contributed by atoms with van der Waals surface area (Å²) in [6.07, 6.45) is 2.28. The van der Waals surface area contributed by atoms with Gasteiger partial charge in [-0.1, -0.05) is 48.3 Å². The Labute approximate surface area is 123 Å². The van der Waals surface area contributed by atoms with Crippen molar-refractivity contribution in [1.82, 2.24) is 9.97 Å². The Bertz CT molecular complexity index is 572. The number of anilines is 1. The Morgan fingerprint density at radius 1 is 1.16 bits per heavy atom. The fourth-order valence-corrected chi connectivity index (χ4v) is 2.43. The molecule has 1 heterocycles. The molecule has 3 nitrogen and oxygen atoms in total. The number of halogens is 2. The van der Waals surface area contributed by atoms with E-state index in [1.165, 1.54) is 6.33 Å². The van der Waals surface area contributed by atoms with E-state index in [-0.39, 0.29) is 0 Å². The number of benzene rings is 1.